The SMILES string of the molecule is CN(C)CC(=O)Nc1cc(-c2nccs2)nc(-c2nccs2)n1. The summed E-state index contributed by atoms with van der Waals surface area (Å²) in [7, 11) is 3.67. The summed E-state index contributed by atoms with van der Waals surface area (Å²) in [6.07, 6.45) is 3.42. The summed E-state index contributed by atoms with van der Waals surface area (Å²) in [5, 5.41) is 8.01. The zero-order valence-corrected chi connectivity index (χ0v) is 14.2. The van der Waals surface area contributed by atoms with Gasteiger partial charge in [0, 0.05) is 29.2 Å². The Morgan fingerprint density at radius 1 is 1.13 bits per heavy atom. The van der Waals surface area contributed by atoms with Gasteiger partial charge in [0.1, 0.15) is 16.5 Å². The quantitative estimate of drug-likeness (QED) is 0.763. The molecule has 0 fully saturated rings. The molecule has 0 radical (unpaired) electrons. The Balaban J connectivity index is 1.96. The van der Waals surface area contributed by atoms with E-state index < -0.39 is 0 Å². The van der Waals surface area contributed by atoms with Crippen LogP contribution in [0.3, 0.4) is 0 Å². The van der Waals surface area contributed by atoms with Crippen molar-refractivity contribution in [3.8, 4) is 21.5 Å². The van der Waals surface area contributed by atoms with Gasteiger partial charge in [-0.1, -0.05) is 0 Å². The first-order valence-corrected chi connectivity index (χ1v) is 8.51. The predicted octanol–water partition coefficient (Wildman–Crippen LogP) is 2.22. The lowest BCUT2D eigenvalue weighted by Gasteiger charge is -2.10. The Labute approximate surface area is 141 Å². The molecule has 0 bridgehead atoms. The number of amides is 1. The summed E-state index contributed by atoms with van der Waals surface area (Å²) in [4.78, 5) is 31.2. The number of thiazole rings is 2. The second kappa shape index (κ2) is 6.90. The predicted molar refractivity (Wildman–Crippen MR) is 91.4 cm³/mol. The number of carbonyl (C=O) groups is 1. The third-order valence-corrected chi connectivity index (χ3v) is 4.29. The first kappa shape index (κ1) is 15.7. The minimum absolute atomic E-state index is 0.135. The third kappa shape index (κ3) is 3.95. The fraction of sp³-hybridized carbons (Fsp3) is 0.214. The minimum Gasteiger partial charge on any atom is -0.309 e. The molecule has 0 aliphatic heterocycles. The molecule has 0 saturated carbocycles. The molecule has 3 rings (SSSR count). The number of anilines is 1. The van der Waals surface area contributed by atoms with Crippen LogP contribution >= 0.6 is 22.7 Å². The van der Waals surface area contributed by atoms with Gasteiger partial charge < -0.3 is 10.2 Å². The van der Waals surface area contributed by atoms with E-state index in [1.807, 2.05) is 24.9 Å². The monoisotopic (exact) mass is 346 g/mol. The molecule has 0 aliphatic rings. The molecule has 1 N–H and O–H groups in total. The smallest absolute Gasteiger partial charge is 0.239 e. The number of carbonyl (C=O) groups excluding carboxylic acids is 1. The van der Waals surface area contributed by atoms with E-state index in [9.17, 15) is 4.79 Å². The molecule has 0 unspecified atom stereocenters. The van der Waals surface area contributed by atoms with Gasteiger partial charge in [-0.05, 0) is 14.1 Å². The first-order valence-electron chi connectivity index (χ1n) is 6.75. The van der Waals surface area contributed by atoms with Crippen LogP contribution in [0.4, 0.5) is 5.82 Å². The van der Waals surface area contributed by atoms with E-state index in [0.717, 1.165) is 5.01 Å². The van der Waals surface area contributed by atoms with Crippen molar-refractivity contribution in [1.29, 1.82) is 0 Å². The van der Waals surface area contributed by atoms with Crippen LogP contribution in [0.15, 0.2) is 29.2 Å². The lowest BCUT2D eigenvalue weighted by Crippen LogP contribution is -2.27. The van der Waals surface area contributed by atoms with Crippen LogP contribution in [0, 0.1) is 0 Å². The molecule has 118 valence electrons. The summed E-state index contributed by atoms with van der Waals surface area (Å²) in [5.41, 5.74) is 0.667. The average Bonchev–Trinajstić information content (AvgIpc) is 3.20. The highest BCUT2D eigenvalue weighted by atomic mass is 32.1. The molecule has 9 heteroatoms. The van der Waals surface area contributed by atoms with E-state index in [-0.39, 0.29) is 12.5 Å². The van der Waals surface area contributed by atoms with Gasteiger partial charge in [-0.15, -0.1) is 22.7 Å². The summed E-state index contributed by atoms with van der Waals surface area (Å²) < 4.78 is 0. The molecule has 23 heavy (non-hydrogen) atoms. The van der Waals surface area contributed by atoms with Crippen molar-refractivity contribution in [1.82, 2.24) is 24.8 Å². The Morgan fingerprint density at radius 2 is 1.83 bits per heavy atom. The standard InChI is InChI=1S/C14H14N6OS2/c1-20(2)8-11(21)18-10-7-9(13-15-3-5-22-13)17-12(19-10)14-16-4-6-23-14/h3-7H,8H2,1-2H3,(H,17,18,19,21). The van der Waals surface area contributed by atoms with Crippen LogP contribution in [-0.2, 0) is 4.79 Å². The van der Waals surface area contributed by atoms with E-state index in [1.54, 1.807) is 23.4 Å². The van der Waals surface area contributed by atoms with Gasteiger partial charge in [0.2, 0.25) is 5.91 Å². The van der Waals surface area contributed by atoms with E-state index in [1.165, 1.54) is 22.7 Å². The van der Waals surface area contributed by atoms with E-state index in [2.05, 4.69) is 25.3 Å². The summed E-state index contributed by atoms with van der Waals surface area (Å²) in [6.45, 7) is 0.281. The molecule has 0 aliphatic carbocycles. The molecule has 0 atom stereocenters. The molecule has 7 nitrogen and oxygen atoms in total. The third-order valence-electron chi connectivity index (χ3n) is 2.73. The minimum atomic E-state index is -0.135. The fourth-order valence-electron chi connectivity index (χ4n) is 1.87. The van der Waals surface area contributed by atoms with Crippen LogP contribution in [0.5, 0.6) is 0 Å². The molecule has 3 heterocycles. The number of hydrogen-bond donors (Lipinski definition) is 1. The van der Waals surface area contributed by atoms with Crippen molar-refractivity contribution in [3.05, 3.63) is 29.2 Å². The number of nitrogens with one attached hydrogen (secondary N) is 1. The van der Waals surface area contributed by atoms with Gasteiger partial charge in [0.25, 0.3) is 0 Å². The highest BCUT2D eigenvalue weighted by Gasteiger charge is 2.13. The van der Waals surface area contributed by atoms with Crippen LogP contribution < -0.4 is 5.32 Å². The number of rotatable bonds is 5. The normalized spacial score (nSPS) is 10.9. The van der Waals surface area contributed by atoms with E-state index >= 15 is 0 Å². The number of hydrogen-bond acceptors (Lipinski definition) is 8. The number of aromatic nitrogens is 4. The van der Waals surface area contributed by atoms with Gasteiger partial charge in [-0.3, -0.25) is 4.79 Å². The Morgan fingerprint density at radius 3 is 2.43 bits per heavy atom. The molecule has 0 aromatic carbocycles. The van der Waals surface area contributed by atoms with Crippen molar-refractivity contribution in [2.24, 2.45) is 0 Å². The molecular formula is C14H14N6OS2. The van der Waals surface area contributed by atoms with Crippen molar-refractivity contribution >= 4 is 34.4 Å². The molecule has 3 aromatic heterocycles. The van der Waals surface area contributed by atoms with Crippen molar-refractivity contribution in [2.45, 2.75) is 0 Å². The zero-order chi connectivity index (χ0) is 16.2. The summed E-state index contributed by atoms with van der Waals surface area (Å²) >= 11 is 2.93. The lowest BCUT2D eigenvalue weighted by molar-refractivity contribution is -0.116. The molecule has 0 saturated heterocycles. The van der Waals surface area contributed by atoms with Crippen molar-refractivity contribution < 1.29 is 4.79 Å². The van der Waals surface area contributed by atoms with Gasteiger partial charge in [0.15, 0.2) is 10.8 Å². The fourth-order valence-corrected chi connectivity index (χ4v) is 3.04. The van der Waals surface area contributed by atoms with Crippen molar-refractivity contribution in [3.63, 3.8) is 0 Å². The molecular weight excluding hydrogens is 332 g/mol. The van der Waals surface area contributed by atoms with Gasteiger partial charge in [0.05, 0.1) is 6.54 Å². The maximum Gasteiger partial charge on any atom is 0.239 e. The molecule has 3 aromatic rings. The Hall–Kier alpha value is -2.23. The van der Waals surface area contributed by atoms with Crippen LogP contribution in [0.1, 0.15) is 0 Å². The highest BCUT2D eigenvalue weighted by Crippen LogP contribution is 2.26. The summed E-state index contributed by atoms with van der Waals surface area (Å²) in [5.74, 6) is 0.791. The van der Waals surface area contributed by atoms with E-state index in [0.29, 0.717) is 22.3 Å². The Bertz CT molecular complexity index is 733. The second-order valence-electron chi connectivity index (χ2n) is 4.92. The van der Waals surface area contributed by atoms with Crippen LogP contribution in [0.25, 0.3) is 21.5 Å². The highest BCUT2D eigenvalue weighted by molar-refractivity contribution is 7.13. The average molecular weight is 346 g/mol. The topological polar surface area (TPSA) is 83.9 Å². The maximum atomic E-state index is 12.0. The van der Waals surface area contributed by atoms with Gasteiger partial charge in [-0.25, -0.2) is 19.9 Å². The molecule has 1 amide bonds. The zero-order valence-electron chi connectivity index (χ0n) is 12.6. The van der Waals surface area contributed by atoms with Gasteiger partial charge in [-0.2, -0.15) is 0 Å². The van der Waals surface area contributed by atoms with Crippen molar-refractivity contribution in [2.75, 3.05) is 26.0 Å². The maximum absolute atomic E-state index is 12.0. The van der Waals surface area contributed by atoms with Gasteiger partial charge >= 0.3 is 0 Å². The number of nitrogens with zero attached hydrogens (tertiary/aromatic N) is 5. The lowest BCUT2D eigenvalue weighted by atomic mass is 10.3. The molecule has 0 spiro atoms. The second-order valence-corrected chi connectivity index (χ2v) is 6.71. The summed E-state index contributed by atoms with van der Waals surface area (Å²) in [6, 6.07) is 1.73. The first-order chi connectivity index (χ1) is 11.1. The number of likely N-dealkylation sites (N-methyl/N-ethyl adjacent to an activating group) is 1. The van der Waals surface area contributed by atoms with Crippen LogP contribution in [0.2, 0.25) is 0 Å². The largest absolute Gasteiger partial charge is 0.309 e. The van der Waals surface area contributed by atoms with Crippen LogP contribution in [-0.4, -0.2) is 51.4 Å². The Kier molecular flexibility index (Phi) is 4.70. The van der Waals surface area contributed by atoms with E-state index in [4.69, 9.17) is 0 Å².